The monoisotopic (exact) mass is 849 g/mol. The number of allylic oxidation sites excluding steroid dienone is 14. The van der Waals surface area contributed by atoms with Gasteiger partial charge in [0.1, 0.15) is 13.2 Å². The van der Waals surface area contributed by atoms with Gasteiger partial charge in [0.2, 0.25) is 0 Å². The van der Waals surface area contributed by atoms with Gasteiger partial charge in [-0.2, -0.15) is 0 Å². The zero-order valence-electron chi connectivity index (χ0n) is 39.7. The summed E-state index contributed by atoms with van der Waals surface area (Å²) in [6, 6.07) is 0. The second-order valence-corrected chi connectivity index (χ2v) is 16.3. The summed E-state index contributed by atoms with van der Waals surface area (Å²) in [7, 11) is 0. The average molecular weight is 849 g/mol. The Balaban J connectivity index is 4.49. The van der Waals surface area contributed by atoms with Gasteiger partial charge in [-0.15, -0.1) is 0 Å². The van der Waals surface area contributed by atoms with E-state index in [0.29, 0.717) is 19.3 Å². The van der Waals surface area contributed by atoms with Crippen molar-refractivity contribution in [1.29, 1.82) is 0 Å². The Morgan fingerprint density at radius 1 is 0.344 bits per heavy atom. The van der Waals surface area contributed by atoms with Crippen LogP contribution >= 0.6 is 0 Å². The van der Waals surface area contributed by atoms with Crippen LogP contribution in [0.1, 0.15) is 226 Å². The lowest BCUT2D eigenvalue weighted by Gasteiger charge is -2.18. The number of carbonyl (C=O) groups excluding carboxylic acids is 3. The van der Waals surface area contributed by atoms with Crippen LogP contribution in [0.4, 0.5) is 0 Å². The molecule has 0 unspecified atom stereocenters. The third-order valence-electron chi connectivity index (χ3n) is 10.4. The van der Waals surface area contributed by atoms with Crippen LogP contribution in [0.25, 0.3) is 0 Å². The van der Waals surface area contributed by atoms with Gasteiger partial charge in [0.05, 0.1) is 0 Å². The quantitative estimate of drug-likeness (QED) is 0.0263. The van der Waals surface area contributed by atoms with Gasteiger partial charge in [-0.1, -0.05) is 209 Å². The van der Waals surface area contributed by atoms with E-state index >= 15 is 0 Å². The first-order valence-corrected chi connectivity index (χ1v) is 25.1. The molecule has 61 heavy (non-hydrogen) atoms. The van der Waals surface area contributed by atoms with Crippen molar-refractivity contribution in [2.24, 2.45) is 0 Å². The Morgan fingerprint density at radius 2 is 0.672 bits per heavy atom. The van der Waals surface area contributed by atoms with Crippen LogP contribution in [0.5, 0.6) is 0 Å². The maximum atomic E-state index is 12.7. The van der Waals surface area contributed by atoms with Crippen LogP contribution in [0, 0.1) is 0 Å². The minimum atomic E-state index is -0.808. The largest absolute Gasteiger partial charge is 0.462 e. The van der Waals surface area contributed by atoms with Crippen LogP contribution in [0.2, 0.25) is 0 Å². The van der Waals surface area contributed by atoms with Gasteiger partial charge >= 0.3 is 17.9 Å². The number of rotatable bonds is 44. The average Bonchev–Trinajstić information content (AvgIpc) is 3.26. The molecule has 0 amide bonds. The zero-order chi connectivity index (χ0) is 44.4. The number of ether oxygens (including phenoxy) is 3. The second kappa shape index (κ2) is 49.2. The smallest absolute Gasteiger partial charge is 0.306 e. The fraction of sp³-hybridized carbons (Fsp3) is 0.691. The maximum Gasteiger partial charge on any atom is 0.306 e. The van der Waals surface area contributed by atoms with Crippen LogP contribution in [0.15, 0.2) is 85.1 Å². The number of carbonyl (C=O) groups is 3. The molecule has 0 aliphatic carbocycles. The lowest BCUT2D eigenvalue weighted by Crippen LogP contribution is -2.30. The lowest BCUT2D eigenvalue weighted by atomic mass is 10.0. The van der Waals surface area contributed by atoms with Crippen LogP contribution in [0.3, 0.4) is 0 Å². The van der Waals surface area contributed by atoms with Crippen molar-refractivity contribution in [1.82, 2.24) is 0 Å². The van der Waals surface area contributed by atoms with E-state index in [2.05, 4.69) is 99.8 Å². The van der Waals surface area contributed by atoms with Crippen LogP contribution in [-0.2, 0) is 28.6 Å². The van der Waals surface area contributed by atoms with E-state index in [1.165, 1.54) is 89.9 Å². The van der Waals surface area contributed by atoms with E-state index in [1.807, 2.05) is 6.08 Å². The Morgan fingerprint density at radius 3 is 1.13 bits per heavy atom. The standard InChI is InChI=1S/C55H92O6/c1-4-7-10-13-16-19-22-25-26-27-28-29-30-31-34-36-39-42-45-48-54(57)60-51-52(61-55(58)49-46-43-40-37-33-24-21-18-15-12-9-6-3)50-59-53(56)47-44-41-38-35-32-23-20-17-14-11-8-5-2/h7,10,16,18-19,21,25-26,28-29,31,34,39,42,52H,4-6,8-9,11-15,17,20,22-24,27,30,32-33,35-38,40-41,43-51H2,1-3H3/b10-7-,19-16-,21-18-,26-25-,29-28-,34-31-,42-39-/t52-/m1/s1. The van der Waals surface area contributed by atoms with Crippen molar-refractivity contribution in [2.75, 3.05) is 13.2 Å². The number of hydrogen-bond donors (Lipinski definition) is 0. The van der Waals surface area contributed by atoms with Crippen molar-refractivity contribution >= 4 is 17.9 Å². The summed E-state index contributed by atoms with van der Waals surface area (Å²) in [5, 5.41) is 0. The minimum Gasteiger partial charge on any atom is -0.462 e. The molecule has 0 radical (unpaired) electrons. The molecule has 0 rings (SSSR count). The summed E-state index contributed by atoms with van der Waals surface area (Å²) in [5.41, 5.74) is 0. The molecule has 0 fully saturated rings. The van der Waals surface area contributed by atoms with Crippen LogP contribution in [-0.4, -0.2) is 37.2 Å². The van der Waals surface area contributed by atoms with Gasteiger partial charge in [0.15, 0.2) is 6.10 Å². The molecule has 0 aromatic carbocycles. The molecule has 0 aromatic rings. The molecule has 0 spiro atoms. The number of esters is 3. The van der Waals surface area contributed by atoms with Gasteiger partial charge in [-0.3, -0.25) is 14.4 Å². The predicted molar refractivity (Wildman–Crippen MR) is 261 cm³/mol. The molecule has 1 atom stereocenters. The molecule has 0 bridgehead atoms. The number of unbranched alkanes of at least 4 members (excludes halogenated alkanes) is 19. The molecule has 6 heteroatoms. The first-order chi connectivity index (χ1) is 30.0. The molecule has 0 N–H and O–H groups in total. The molecule has 0 saturated heterocycles. The second-order valence-electron chi connectivity index (χ2n) is 16.3. The van der Waals surface area contributed by atoms with E-state index in [-0.39, 0.29) is 37.5 Å². The van der Waals surface area contributed by atoms with Gasteiger partial charge in [-0.25, -0.2) is 0 Å². The fourth-order valence-electron chi connectivity index (χ4n) is 6.64. The molecule has 0 aliphatic heterocycles. The molecule has 0 heterocycles. The van der Waals surface area contributed by atoms with Gasteiger partial charge in [0, 0.05) is 19.3 Å². The van der Waals surface area contributed by atoms with E-state index in [0.717, 1.165) is 89.9 Å². The van der Waals surface area contributed by atoms with Gasteiger partial charge in [0.25, 0.3) is 0 Å². The van der Waals surface area contributed by atoms with Crippen molar-refractivity contribution in [3.8, 4) is 0 Å². The summed E-state index contributed by atoms with van der Waals surface area (Å²) in [5.74, 6) is -1.00. The summed E-state index contributed by atoms with van der Waals surface area (Å²) >= 11 is 0. The van der Waals surface area contributed by atoms with Crippen molar-refractivity contribution < 1.29 is 28.6 Å². The highest BCUT2D eigenvalue weighted by Gasteiger charge is 2.19. The molecule has 0 aliphatic rings. The zero-order valence-corrected chi connectivity index (χ0v) is 39.7. The molecule has 348 valence electrons. The summed E-state index contributed by atoms with van der Waals surface area (Å²) < 4.78 is 16.7. The van der Waals surface area contributed by atoms with E-state index in [9.17, 15) is 14.4 Å². The predicted octanol–water partition coefficient (Wildman–Crippen LogP) is 16.4. The highest BCUT2D eigenvalue weighted by Crippen LogP contribution is 2.14. The first-order valence-electron chi connectivity index (χ1n) is 25.1. The Hall–Kier alpha value is -3.41. The van der Waals surface area contributed by atoms with Crippen molar-refractivity contribution in [3.63, 3.8) is 0 Å². The molecule has 0 saturated carbocycles. The minimum absolute atomic E-state index is 0.102. The van der Waals surface area contributed by atoms with Gasteiger partial charge < -0.3 is 14.2 Å². The first kappa shape index (κ1) is 57.6. The fourth-order valence-corrected chi connectivity index (χ4v) is 6.64. The highest BCUT2D eigenvalue weighted by atomic mass is 16.6. The SMILES string of the molecule is CC/C=C\C/C=C\C/C=C\C/C=C\C/C=C\C/C=C\CCC(=O)OC[C@@H](COC(=O)CCCCCCCCCCCCCC)OC(=O)CCCCCCC/C=C\CCCCC. The highest BCUT2D eigenvalue weighted by molar-refractivity contribution is 5.71. The summed E-state index contributed by atoms with van der Waals surface area (Å²) in [6.45, 7) is 6.41. The molecule has 6 nitrogen and oxygen atoms in total. The summed E-state index contributed by atoms with van der Waals surface area (Å²) in [6.07, 6.45) is 62.9. The maximum absolute atomic E-state index is 12.7. The third-order valence-corrected chi connectivity index (χ3v) is 10.4. The molecule has 0 aromatic heterocycles. The molecular weight excluding hydrogens is 757 g/mol. The lowest BCUT2D eigenvalue weighted by molar-refractivity contribution is -0.166. The summed E-state index contributed by atoms with van der Waals surface area (Å²) in [4.78, 5) is 37.8. The van der Waals surface area contributed by atoms with E-state index in [4.69, 9.17) is 14.2 Å². The van der Waals surface area contributed by atoms with Crippen molar-refractivity contribution in [3.05, 3.63) is 85.1 Å². The van der Waals surface area contributed by atoms with Crippen molar-refractivity contribution in [2.45, 2.75) is 232 Å². The van der Waals surface area contributed by atoms with E-state index in [1.54, 1.807) is 0 Å². The third kappa shape index (κ3) is 47.5. The topological polar surface area (TPSA) is 78.9 Å². The van der Waals surface area contributed by atoms with Gasteiger partial charge in [-0.05, 0) is 83.5 Å². The Kier molecular flexibility index (Phi) is 46.5. The Bertz CT molecular complexity index is 1200. The molecular formula is C55H92O6. The van der Waals surface area contributed by atoms with Crippen LogP contribution < -0.4 is 0 Å². The Labute approximate surface area is 375 Å². The normalized spacial score (nSPS) is 12.8. The van der Waals surface area contributed by atoms with E-state index < -0.39 is 6.10 Å². The number of hydrogen-bond acceptors (Lipinski definition) is 6.